The lowest BCUT2D eigenvalue weighted by molar-refractivity contribution is 0.594. The number of nitrogen functional groups attached to an aromatic ring is 1. The number of benzene rings is 2. The largest absolute Gasteiger partial charge is 0.397 e. The number of hydrogen-bond acceptors (Lipinski definition) is 5. The number of rotatable bonds is 3. The van der Waals surface area contributed by atoms with E-state index < -0.39 is 19.9 Å². The van der Waals surface area contributed by atoms with Crippen molar-refractivity contribution in [3.8, 4) is 0 Å². The summed E-state index contributed by atoms with van der Waals surface area (Å²) in [5, 5.41) is 4.95. The molecular formula is C13H12Cl2N2O4S2. The molecule has 0 aromatic heterocycles. The highest BCUT2D eigenvalue weighted by atomic mass is 35.5. The number of sulfone groups is 1. The van der Waals surface area contributed by atoms with Crippen LogP contribution in [0.1, 0.15) is 5.56 Å². The van der Waals surface area contributed by atoms with Crippen LogP contribution < -0.4 is 10.9 Å². The fourth-order valence-electron chi connectivity index (χ4n) is 1.92. The maximum atomic E-state index is 12.8. The Balaban J connectivity index is 2.78. The topological polar surface area (TPSA) is 120 Å². The molecule has 23 heavy (non-hydrogen) atoms. The van der Waals surface area contributed by atoms with Gasteiger partial charge in [-0.25, -0.2) is 22.0 Å². The van der Waals surface area contributed by atoms with E-state index in [9.17, 15) is 16.8 Å². The third-order valence-electron chi connectivity index (χ3n) is 3.12. The van der Waals surface area contributed by atoms with Gasteiger partial charge in [0, 0.05) is 0 Å². The molecule has 6 nitrogen and oxygen atoms in total. The van der Waals surface area contributed by atoms with E-state index >= 15 is 0 Å². The molecule has 0 heterocycles. The summed E-state index contributed by atoms with van der Waals surface area (Å²) < 4.78 is 48.5. The van der Waals surface area contributed by atoms with Crippen LogP contribution in [0.5, 0.6) is 0 Å². The third kappa shape index (κ3) is 3.46. The first-order chi connectivity index (χ1) is 10.4. The molecule has 0 saturated heterocycles. The molecular weight excluding hydrogens is 383 g/mol. The van der Waals surface area contributed by atoms with Crippen molar-refractivity contribution in [2.75, 3.05) is 5.73 Å². The minimum atomic E-state index is -4.11. The maximum Gasteiger partial charge on any atom is 0.238 e. The lowest BCUT2D eigenvalue weighted by Gasteiger charge is -2.12. The van der Waals surface area contributed by atoms with E-state index in [-0.39, 0.29) is 30.4 Å². The van der Waals surface area contributed by atoms with E-state index in [1.807, 2.05) is 0 Å². The van der Waals surface area contributed by atoms with Crippen molar-refractivity contribution in [3.63, 3.8) is 0 Å². The molecule has 0 atom stereocenters. The van der Waals surface area contributed by atoms with Crippen LogP contribution >= 0.6 is 23.2 Å². The number of aryl methyl sites for hydroxylation is 1. The first-order valence-corrected chi connectivity index (χ1v) is 9.86. The Labute approximate surface area is 144 Å². The Bertz CT molecular complexity index is 1000. The smallest absolute Gasteiger partial charge is 0.238 e. The molecule has 0 aliphatic carbocycles. The second-order valence-corrected chi connectivity index (χ2v) is 9.04. The van der Waals surface area contributed by atoms with Crippen LogP contribution in [-0.2, 0) is 19.9 Å². The van der Waals surface area contributed by atoms with Gasteiger partial charge >= 0.3 is 0 Å². The highest BCUT2D eigenvalue weighted by Gasteiger charge is 2.25. The van der Waals surface area contributed by atoms with Crippen molar-refractivity contribution in [1.29, 1.82) is 0 Å². The van der Waals surface area contributed by atoms with Crippen molar-refractivity contribution in [3.05, 3.63) is 45.9 Å². The number of hydrogen-bond donors (Lipinski definition) is 2. The molecule has 124 valence electrons. The summed E-state index contributed by atoms with van der Waals surface area (Å²) in [6, 6.07) is 5.90. The molecule has 2 aromatic rings. The normalized spacial score (nSPS) is 12.3. The van der Waals surface area contributed by atoms with Gasteiger partial charge in [0.25, 0.3) is 0 Å². The zero-order valence-corrected chi connectivity index (χ0v) is 14.9. The van der Waals surface area contributed by atoms with Crippen LogP contribution in [0.15, 0.2) is 45.0 Å². The SMILES string of the molecule is Cc1ccc(S(N)(=O)=O)cc1S(=O)(=O)c1cc(Cl)c(N)cc1Cl. The Morgan fingerprint density at radius 1 is 0.913 bits per heavy atom. The predicted molar refractivity (Wildman–Crippen MR) is 88.9 cm³/mol. The first kappa shape index (κ1) is 18.0. The molecule has 0 amide bonds. The molecule has 0 radical (unpaired) electrons. The monoisotopic (exact) mass is 394 g/mol. The van der Waals surface area contributed by atoms with Crippen molar-refractivity contribution in [1.82, 2.24) is 0 Å². The van der Waals surface area contributed by atoms with Crippen LogP contribution in [0.4, 0.5) is 5.69 Å². The van der Waals surface area contributed by atoms with Crippen LogP contribution in [0.2, 0.25) is 10.0 Å². The van der Waals surface area contributed by atoms with Gasteiger partial charge in [-0.3, -0.25) is 0 Å². The van der Waals surface area contributed by atoms with Gasteiger partial charge in [-0.2, -0.15) is 0 Å². The van der Waals surface area contributed by atoms with E-state index in [4.69, 9.17) is 34.1 Å². The molecule has 2 aromatic carbocycles. The molecule has 0 bridgehead atoms. The van der Waals surface area contributed by atoms with Gasteiger partial charge in [0.1, 0.15) is 0 Å². The molecule has 0 fully saturated rings. The van der Waals surface area contributed by atoms with Crippen LogP contribution in [0.3, 0.4) is 0 Å². The van der Waals surface area contributed by atoms with Crippen LogP contribution in [-0.4, -0.2) is 16.8 Å². The second-order valence-electron chi connectivity index (χ2n) is 4.78. The van der Waals surface area contributed by atoms with E-state index in [2.05, 4.69) is 0 Å². The summed E-state index contributed by atoms with van der Waals surface area (Å²) in [7, 11) is -8.17. The van der Waals surface area contributed by atoms with Gasteiger partial charge in [-0.15, -0.1) is 0 Å². The number of anilines is 1. The molecule has 10 heteroatoms. The number of primary sulfonamides is 1. The average Bonchev–Trinajstić information content (AvgIpc) is 2.41. The van der Waals surface area contributed by atoms with E-state index in [0.717, 1.165) is 12.1 Å². The third-order valence-corrected chi connectivity index (χ3v) is 6.72. The molecule has 0 saturated carbocycles. The van der Waals surface area contributed by atoms with E-state index in [1.165, 1.54) is 25.1 Å². The Kier molecular flexibility index (Phi) is 4.67. The fraction of sp³-hybridized carbons (Fsp3) is 0.0769. The Hall–Kier alpha value is -1.32. The van der Waals surface area contributed by atoms with Gasteiger partial charge < -0.3 is 5.73 Å². The van der Waals surface area contributed by atoms with Gasteiger partial charge in [0.15, 0.2) is 0 Å². The van der Waals surface area contributed by atoms with Crippen molar-refractivity contribution < 1.29 is 16.8 Å². The minimum absolute atomic E-state index is 0.0215. The van der Waals surface area contributed by atoms with Crippen LogP contribution in [0, 0.1) is 6.92 Å². The molecule has 0 aliphatic heterocycles. The Morgan fingerprint density at radius 3 is 2.09 bits per heavy atom. The average molecular weight is 395 g/mol. The van der Waals surface area contributed by atoms with Crippen molar-refractivity contribution in [2.45, 2.75) is 21.6 Å². The van der Waals surface area contributed by atoms with E-state index in [1.54, 1.807) is 0 Å². The highest BCUT2D eigenvalue weighted by Crippen LogP contribution is 2.35. The van der Waals surface area contributed by atoms with Gasteiger partial charge in [-0.1, -0.05) is 29.3 Å². The fourth-order valence-corrected chi connectivity index (χ4v) is 4.83. The van der Waals surface area contributed by atoms with Gasteiger partial charge in [0.05, 0.1) is 30.4 Å². The zero-order valence-electron chi connectivity index (χ0n) is 11.7. The standard InChI is InChI=1S/C13H12Cl2N2O4S2/c1-7-2-3-8(23(17,20)21)4-12(7)22(18,19)13-6-9(14)11(16)5-10(13)15/h2-6H,16H2,1H3,(H2,17,20,21). The first-order valence-electron chi connectivity index (χ1n) is 6.07. The van der Waals surface area contributed by atoms with E-state index in [0.29, 0.717) is 5.56 Å². The molecule has 2 rings (SSSR count). The summed E-state index contributed by atoms with van der Waals surface area (Å²) in [6.45, 7) is 1.52. The lowest BCUT2D eigenvalue weighted by Crippen LogP contribution is -2.14. The van der Waals surface area contributed by atoms with Crippen LogP contribution in [0.25, 0.3) is 0 Å². The summed E-state index contributed by atoms with van der Waals surface area (Å²) in [6.07, 6.45) is 0. The van der Waals surface area contributed by atoms with Crippen molar-refractivity contribution in [2.24, 2.45) is 5.14 Å². The molecule has 4 N–H and O–H groups in total. The highest BCUT2D eigenvalue weighted by molar-refractivity contribution is 7.92. The number of sulfonamides is 1. The minimum Gasteiger partial charge on any atom is -0.397 e. The summed E-state index contributed by atoms with van der Waals surface area (Å²) in [5.74, 6) is 0. The van der Waals surface area contributed by atoms with Gasteiger partial charge in [-0.05, 0) is 36.8 Å². The summed E-state index contributed by atoms with van der Waals surface area (Å²) in [4.78, 5) is -0.820. The second kappa shape index (κ2) is 5.95. The van der Waals surface area contributed by atoms with Gasteiger partial charge in [0.2, 0.25) is 19.9 Å². The maximum absolute atomic E-state index is 12.8. The lowest BCUT2D eigenvalue weighted by atomic mass is 10.2. The number of halogens is 2. The summed E-state index contributed by atoms with van der Waals surface area (Å²) in [5.41, 5.74) is 6.04. The molecule has 0 unspecified atom stereocenters. The van der Waals surface area contributed by atoms with Crippen molar-refractivity contribution >= 4 is 48.7 Å². The zero-order chi connectivity index (χ0) is 17.6. The number of nitrogens with two attached hydrogens (primary N) is 2. The quantitative estimate of drug-likeness (QED) is 0.773. The summed E-state index contributed by atoms with van der Waals surface area (Å²) >= 11 is 11.8. The molecule has 0 spiro atoms. The predicted octanol–water partition coefficient (Wildman–Crippen LogP) is 2.36. The Morgan fingerprint density at radius 2 is 1.52 bits per heavy atom. The molecule has 0 aliphatic rings.